The Labute approximate surface area is 176 Å². The molecule has 0 bridgehead atoms. The predicted molar refractivity (Wildman–Crippen MR) is 112 cm³/mol. The Hall–Kier alpha value is -2.53. The van der Waals surface area contributed by atoms with Crippen molar-refractivity contribution in [3.8, 4) is 5.75 Å². The standard InChI is InChI=1S/C23H26ClNO4/c1-16-11-17(2)13-25(12-16)22(26)15-29-23(27)20-5-3-4-6-21(20)28-14-18-7-9-19(24)10-8-18/h3-10,16-17H,11-15H2,1-2H3/t16-,17-/m1/s1. The van der Waals surface area contributed by atoms with E-state index < -0.39 is 5.97 Å². The fourth-order valence-corrected chi connectivity index (χ4v) is 3.79. The number of halogens is 1. The van der Waals surface area contributed by atoms with Crippen molar-refractivity contribution >= 4 is 23.5 Å². The Morgan fingerprint density at radius 2 is 1.69 bits per heavy atom. The van der Waals surface area contributed by atoms with Crippen LogP contribution in [-0.4, -0.2) is 36.5 Å². The molecule has 0 aromatic heterocycles. The quantitative estimate of drug-likeness (QED) is 0.648. The zero-order chi connectivity index (χ0) is 20.8. The lowest BCUT2D eigenvalue weighted by molar-refractivity contribution is -0.137. The second-order valence-electron chi connectivity index (χ2n) is 7.73. The summed E-state index contributed by atoms with van der Waals surface area (Å²) in [7, 11) is 0. The number of ether oxygens (including phenoxy) is 2. The first kappa shape index (κ1) is 21.2. The molecular weight excluding hydrogens is 390 g/mol. The first-order valence-electron chi connectivity index (χ1n) is 9.83. The molecule has 3 rings (SSSR count). The Balaban J connectivity index is 1.58. The number of benzene rings is 2. The highest BCUT2D eigenvalue weighted by atomic mass is 35.5. The zero-order valence-electron chi connectivity index (χ0n) is 16.8. The highest BCUT2D eigenvalue weighted by Gasteiger charge is 2.26. The van der Waals surface area contributed by atoms with Gasteiger partial charge in [0.2, 0.25) is 0 Å². The Morgan fingerprint density at radius 1 is 1.03 bits per heavy atom. The normalized spacial score (nSPS) is 18.9. The third kappa shape index (κ3) is 5.97. The van der Waals surface area contributed by atoms with Gasteiger partial charge in [0.25, 0.3) is 5.91 Å². The van der Waals surface area contributed by atoms with Crippen molar-refractivity contribution in [2.75, 3.05) is 19.7 Å². The van der Waals surface area contributed by atoms with Crippen molar-refractivity contribution in [2.24, 2.45) is 11.8 Å². The topological polar surface area (TPSA) is 55.8 Å². The van der Waals surface area contributed by atoms with Crippen LogP contribution in [0.1, 0.15) is 36.2 Å². The summed E-state index contributed by atoms with van der Waals surface area (Å²) in [6.45, 7) is 5.73. The molecule has 6 heteroatoms. The van der Waals surface area contributed by atoms with Crippen LogP contribution in [0.2, 0.25) is 5.02 Å². The van der Waals surface area contributed by atoms with E-state index in [1.807, 2.05) is 12.1 Å². The first-order chi connectivity index (χ1) is 13.9. The molecule has 1 fully saturated rings. The number of carbonyl (C=O) groups is 2. The van der Waals surface area contributed by atoms with Crippen LogP contribution in [0, 0.1) is 11.8 Å². The summed E-state index contributed by atoms with van der Waals surface area (Å²) in [6, 6.07) is 14.2. The molecule has 0 unspecified atom stereocenters. The number of hydrogen-bond acceptors (Lipinski definition) is 4. The van der Waals surface area contributed by atoms with E-state index in [1.54, 1.807) is 41.3 Å². The molecule has 0 N–H and O–H groups in total. The Morgan fingerprint density at radius 3 is 2.38 bits per heavy atom. The summed E-state index contributed by atoms with van der Waals surface area (Å²) >= 11 is 5.89. The molecule has 2 aromatic rings. The zero-order valence-corrected chi connectivity index (χ0v) is 17.5. The average molecular weight is 416 g/mol. The lowest BCUT2D eigenvalue weighted by atomic mass is 9.92. The molecule has 1 aliphatic heterocycles. The minimum absolute atomic E-state index is 0.156. The van der Waals surface area contributed by atoms with E-state index >= 15 is 0 Å². The fraction of sp³-hybridized carbons (Fsp3) is 0.391. The molecule has 2 aromatic carbocycles. The van der Waals surface area contributed by atoms with E-state index in [9.17, 15) is 9.59 Å². The second kappa shape index (κ2) is 9.79. The van der Waals surface area contributed by atoms with Crippen molar-refractivity contribution in [1.29, 1.82) is 0 Å². The van der Waals surface area contributed by atoms with Crippen LogP contribution in [-0.2, 0) is 16.1 Å². The number of carbonyl (C=O) groups excluding carboxylic acids is 2. The van der Waals surface area contributed by atoms with Crippen LogP contribution in [0.25, 0.3) is 0 Å². The Kier molecular flexibility index (Phi) is 7.15. The van der Waals surface area contributed by atoms with Gasteiger partial charge in [-0.3, -0.25) is 4.79 Å². The van der Waals surface area contributed by atoms with E-state index in [4.69, 9.17) is 21.1 Å². The van der Waals surface area contributed by atoms with Crippen LogP contribution in [0.15, 0.2) is 48.5 Å². The summed E-state index contributed by atoms with van der Waals surface area (Å²) in [5.74, 6) is 0.611. The lowest BCUT2D eigenvalue weighted by Crippen LogP contribution is -2.44. The molecule has 154 valence electrons. The van der Waals surface area contributed by atoms with Gasteiger partial charge in [0.1, 0.15) is 17.9 Å². The van der Waals surface area contributed by atoms with Gasteiger partial charge in [-0.05, 0) is 48.1 Å². The molecule has 5 nitrogen and oxygen atoms in total. The maximum Gasteiger partial charge on any atom is 0.342 e. The van der Waals surface area contributed by atoms with Gasteiger partial charge in [0.05, 0.1) is 0 Å². The van der Waals surface area contributed by atoms with Gasteiger partial charge in [-0.2, -0.15) is 0 Å². The molecule has 1 saturated heterocycles. The van der Waals surface area contributed by atoms with Crippen LogP contribution < -0.4 is 4.74 Å². The van der Waals surface area contributed by atoms with Crippen molar-refractivity contribution < 1.29 is 19.1 Å². The maximum atomic E-state index is 12.5. The van der Waals surface area contributed by atoms with E-state index in [0.717, 1.165) is 12.0 Å². The summed E-state index contributed by atoms with van der Waals surface area (Å²) in [5, 5.41) is 0.653. The van der Waals surface area contributed by atoms with Gasteiger partial charge in [-0.1, -0.05) is 49.7 Å². The minimum Gasteiger partial charge on any atom is -0.488 e. The van der Waals surface area contributed by atoms with Crippen molar-refractivity contribution in [2.45, 2.75) is 26.9 Å². The largest absolute Gasteiger partial charge is 0.488 e. The lowest BCUT2D eigenvalue weighted by Gasteiger charge is -2.34. The average Bonchev–Trinajstić information content (AvgIpc) is 2.71. The fourth-order valence-electron chi connectivity index (χ4n) is 3.67. The van der Waals surface area contributed by atoms with Crippen molar-refractivity contribution in [3.05, 3.63) is 64.7 Å². The number of para-hydroxylation sites is 1. The summed E-state index contributed by atoms with van der Waals surface area (Å²) in [6.07, 6.45) is 1.11. The molecule has 0 aliphatic carbocycles. The van der Waals surface area contributed by atoms with Crippen LogP contribution >= 0.6 is 11.6 Å². The summed E-state index contributed by atoms with van der Waals surface area (Å²) in [4.78, 5) is 26.8. The monoisotopic (exact) mass is 415 g/mol. The number of hydrogen-bond donors (Lipinski definition) is 0. The Bertz CT molecular complexity index is 842. The molecular formula is C23H26ClNO4. The molecule has 0 spiro atoms. The number of esters is 1. The molecule has 2 atom stereocenters. The SMILES string of the molecule is C[C@@H]1C[C@@H](C)CN(C(=O)COC(=O)c2ccccc2OCc2ccc(Cl)cc2)C1. The van der Waals surface area contributed by atoms with Crippen LogP contribution in [0.3, 0.4) is 0 Å². The molecule has 1 aliphatic rings. The number of amides is 1. The third-order valence-electron chi connectivity index (χ3n) is 4.96. The van der Waals surface area contributed by atoms with Gasteiger partial charge < -0.3 is 14.4 Å². The van der Waals surface area contributed by atoms with E-state index in [1.165, 1.54) is 0 Å². The van der Waals surface area contributed by atoms with E-state index in [-0.39, 0.29) is 12.5 Å². The van der Waals surface area contributed by atoms with E-state index in [2.05, 4.69) is 13.8 Å². The van der Waals surface area contributed by atoms with E-state index in [0.29, 0.717) is 47.9 Å². The first-order valence-corrected chi connectivity index (χ1v) is 10.2. The van der Waals surface area contributed by atoms with Crippen molar-refractivity contribution in [1.82, 2.24) is 4.90 Å². The van der Waals surface area contributed by atoms with Gasteiger partial charge in [0, 0.05) is 18.1 Å². The number of nitrogens with zero attached hydrogens (tertiary/aromatic N) is 1. The van der Waals surface area contributed by atoms with Gasteiger partial charge in [-0.25, -0.2) is 4.79 Å². The van der Waals surface area contributed by atoms with Crippen molar-refractivity contribution in [3.63, 3.8) is 0 Å². The van der Waals surface area contributed by atoms with Gasteiger partial charge >= 0.3 is 5.97 Å². The smallest absolute Gasteiger partial charge is 0.342 e. The number of piperidine rings is 1. The van der Waals surface area contributed by atoms with Crippen LogP contribution in [0.5, 0.6) is 5.75 Å². The molecule has 1 heterocycles. The van der Waals surface area contributed by atoms with Crippen LogP contribution in [0.4, 0.5) is 0 Å². The molecule has 1 amide bonds. The second-order valence-corrected chi connectivity index (χ2v) is 8.17. The summed E-state index contributed by atoms with van der Waals surface area (Å²) < 4.78 is 11.1. The third-order valence-corrected chi connectivity index (χ3v) is 5.21. The molecule has 29 heavy (non-hydrogen) atoms. The molecule has 0 radical (unpaired) electrons. The van der Waals surface area contributed by atoms with Gasteiger partial charge in [0.15, 0.2) is 6.61 Å². The highest BCUT2D eigenvalue weighted by Crippen LogP contribution is 2.23. The number of likely N-dealkylation sites (tertiary alicyclic amines) is 1. The summed E-state index contributed by atoms with van der Waals surface area (Å²) in [5.41, 5.74) is 1.23. The van der Waals surface area contributed by atoms with Gasteiger partial charge in [-0.15, -0.1) is 0 Å². The predicted octanol–water partition coefficient (Wildman–Crippen LogP) is 4.58. The maximum absolute atomic E-state index is 12.5. The molecule has 0 saturated carbocycles. The number of rotatable bonds is 6. The minimum atomic E-state index is -0.567. The highest BCUT2D eigenvalue weighted by molar-refractivity contribution is 6.30.